The molecular formula is C13H20O. The molecule has 2 rings (SSSR count). The van der Waals surface area contributed by atoms with Crippen LogP contribution in [0.1, 0.15) is 40.5 Å². The monoisotopic (exact) mass is 192 g/mol. The summed E-state index contributed by atoms with van der Waals surface area (Å²) >= 11 is 0. The van der Waals surface area contributed by atoms with Gasteiger partial charge in [0.1, 0.15) is 5.60 Å². The van der Waals surface area contributed by atoms with E-state index in [4.69, 9.17) is 4.74 Å². The molecule has 0 fully saturated rings. The van der Waals surface area contributed by atoms with Crippen molar-refractivity contribution in [2.75, 3.05) is 0 Å². The van der Waals surface area contributed by atoms with Gasteiger partial charge in [0.25, 0.3) is 0 Å². The van der Waals surface area contributed by atoms with Crippen LogP contribution in [0.3, 0.4) is 0 Å². The van der Waals surface area contributed by atoms with E-state index in [2.05, 4.69) is 45.9 Å². The van der Waals surface area contributed by atoms with E-state index in [0.717, 1.165) is 12.8 Å². The lowest BCUT2D eigenvalue weighted by Gasteiger charge is -2.46. The predicted octanol–water partition coefficient (Wildman–Crippen LogP) is 3.47. The molecule has 2 atom stereocenters. The summed E-state index contributed by atoms with van der Waals surface area (Å²) in [5, 5.41) is 0. The number of fused-ring (bicyclic) bond motifs is 1. The fraction of sp³-hybridized carbons (Fsp3) is 0.692. The molecule has 0 amide bonds. The van der Waals surface area contributed by atoms with E-state index in [0.29, 0.717) is 6.10 Å². The van der Waals surface area contributed by atoms with Crippen molar-refractivity contribution in [3.8, 4) is 0 Å². The maximum absolute atomic E-state index is 6.06. The Morgan fingerprint density at radius 3 is 2.79 bits per heavy atom. The molecule has 0 bridgehead atoms. The SMILES string of the molecule is C[C@@H]1CC=C2C(C)(C)CC=C[C@]2(C)O1. The maximum Gasteiger partial charge on any atom is 0.105 e. The van der Waals surface area contributed by atoms with Gasteiger partial charge in [-0.05, 0) is 37.7 Å². The molecule has 78 valence electrons. The second-order valence-corrected chi connectivity index (χ2v) is 5.38. The molecule has 1 nitrogen and oxygen atoms in total. The van der Waals surface area contributed by atoms with Crippen LogP contribution >= 0.6 is 0 Å². The van der Waals surface area contributed by atoms with Crippen LogP contribution in [0.2, 0.25) is 0 Å². The number of hydrogen-bond acceptors (Lipinski definition) is 1. The zero-order chi connectivity index (χ0) is 10.4. The molecule has 0 saturated carbocycles. The van der Waals surface area contributed by atoms with Gasteiger partial charge in [-0.25, -0.2) is 0 Å². The Hall–Kier alpha value is -0.560. The highest BCUT2D eigenvalue weighted by Crippen LogP contribution is 2.46. The third-order valence-corrected chi connectivity index (χ3v) is 3.43. The highest BCUT2D eigenvalue weighted by molar-refractivity contribution is 5.35. The number of hydrogen-bond donors (Lipinski definition) is 0. The quantitative estimate of drug-likeness (QED) is 0.534. The molecule has 0 aromatic rings. The summed E-state index contributed by atoms with van der Waals surface area (Å²) in [6, 6.07) is 0. The van der Waals surface area contributed by atoms with Crippen molar-refractivity contribution in [1.29, 1.82) is 0 Å². The molecule has 0 radical (unpaired) electrons. The number of allylic oxidation sites excluding steroid dienone is 1. The second-order valence-electron chi connectivity index (χ2n) is 5.38. The molecule has 1 aliphatic carbocycles. The molecular weight excluding hydrogens is 172 g/mol. The third kappa shape index (κ3) is 1.44. The summed E-state index contributed by atoms with van der Waals surface area (Å²) in [5.41, 5.74) is 1.59. The standard InChI is InChI=1S/C13H20O/c1-10-6-7-11-12(2,3)8-5-9-13(11,4)14-10/h5,7,9-10H,6,8H2,1-4H3/t10-,13+/m1/s1. The Morgan fingerprint density at radius 1 is 1.36 bits per heavy atom. The van der Waals surface area contributed by atoms with Gasteiger partial charge in [-0.3, -0.25) is 0 Å². The molecule has 0 unspecified atom stereocenters. The fourth-order valence-electron chi connectivity index (χ4n) is 2.78. The summed E-state index contributed by atoms with van der Waals surface area (Å²) in [6.07, 6.45) is 9.41. The predicted molar refractivity (Wildman–Crippen MR) is 59.2 cm³/mol. The smallest absolute Gasteiger partial charge is 0.105 e. The van der Waals surface area contributed by atoms with E-state index in [1.54, 1.807) is 0 Å². The lowest BCUT2D eigenvalue weighted by atomic mass is 9.68. The van der Waals surface area contributed by atoms with E-state index in [9.17, 15) is 0 Å². The summed E-state index contributed by atoms with van der Waals surface area (Å²) in [5.74, 6) is 0. The Labute approximate surface area is 86.8 Å². The van der Waals surface area contributed by atoms with Crippen molar-refractivity contribution >= 4 is 0 Å². The van der Waals surface area contributed by atoms with Crippen LogP contribution in [0.25, 0.3) is 0 Å². The minimum Gasteiger partial charge on any atom is -0.364 e. The van der Waals surface area contributed by atoms with Gasteiger partial charge >= 0.3 is 0 Å². The fourth-order valence-corrected chi connectivity index (χ4v) is 2.78. The van der Waals surface area contributed by atoms with Crippen molar-refractivity contribution in [3.05, 3.63) is 23.8 Å². The molecule has 1 heterocycles. The van der Waals surface area contributed by atoms with Gasteiger partial charge in [-0.1, -0.05) is 32.1 Å². The molecule has 2 aliphatic rings. The van der Waals surface area contributed by atoms with Gasteiger partial charge in [0.15, 0.2) is 0 Å². The lowest BCUT2D eigenvalue weighted by molar-refractivity contribution is -0.0433. The summed E-state index contributed by atoms with van der Waals surface area (Å²) in [6.45, 7) is 8.94. The average molecular weight is 192 g/mol. The van der Waals surface area contributed by atoms with Crippen LogP contribution in [0.5, 0.6) is 0 Å². The van der Waals surface area contributed by atoms with Gasteiger partial charge in [0.2, 0.25) is 0 Å². The highest BCUT2D eigenvalue weighted by Gasteiger charge is 2.42. The Balaban J connectivity index is 2.43. The van der Waals surface area contributed by atoms with E-state index < -0.39 is 0 Å². The first-order chi connectivity index (χ1) is 6.44. The van der Waals surface area contributed by atoms with E-state index in [1.165, 1.54) is 5.57 Å². The van der Waals surface area contributed by atoms with Gasteiger partial charge in [0.05, 0.1) is 6.10 Å². The van der Waals surface area contributed by atoms with Gasteiger partial charge in [-0.15, -0.1) is 0 Å². The zero-order valence-corrected chi connectivity index (χ0v) is 9.63. The molecule has 14 heavy (non-hydrogen) atoms. The lowest BCUT2D eigenvalue weighted by Crippen LogP contribution is -2.43. The van der Waals surface area contributed by atoms with Gasteiger partial charge < -0.3 is 4.74 Å². The molecule has 0 aromatic carbocycles. The first-order valence-electron chi connectivity index (χ1n) is 5.51. The van der Waals surface area contributed by atoms with Crippen molar-refractivity contribution in [2.24, 2.45) is 5.41 Å². The first kappa shape index (κ1) is 9.97. The maximum atomic E-state index is 6.06. The largest absolute Gasteiger partial charge is 0.364 e. The van der Waals surface area contributed by atoms with Gasteiger partial charge in [0, 0.05) is 0 Å². The van der Waals surface area contributed by atoms with Crippen molar-refractivity contribution in [3.63, 3.8) is 0 Å². The number of rotatable bonds is 0. The van der Waals surface area contributed by atoms with Crippen LogP contribution in [0.4, 0.5) is 0 Å². The summed E-state index contributed by atoms with van der Waals surface area (Å²) < 4.78 is 6.06. The molecule has 0 spiro atoms. The van der Waals surface area contributed by atoms with E-state index >= 15 is 0 Å². The first-order valence-corrected chi connectivity index (χ1v) is 5.51. The summed E-state index contributed by atoms with van der Waals surface area (Å²) in [4.78, 5) is 0. The second kappa shape index (κ2) is 2.96. The van der Waals surface area contributed by atoms with E-state index in [1.807, 2.05) is 0 Å². The van der Waals surface area contributed by atoms with Gasteiger partial charge in [-0.2, -0.15) is 0 Å². The molecule has 0 N–H and O–H groups in total. The average Bonchev–Trinajstić information content (AvgIpc) is 2.00. The molecule has 0 saturated heterocycles. The Morgan fingerprint density at radius 2 is 2.07 bits per heavy atom. The Kier molecular flexibility index (Phi) is 2.11. The van der Waals surface area contributed by atoms with Crippen LogP contribution in [0, 0.1) is 5.41 Å². The van der Waals surface area contributed by atoms with Crippen molar-refractivity contribution in [2.45, 2.75) is 52.2 Å². The topological polar surface area (TPSA) is 9.23 Å². The summed E-state index contributed by atoms with van der Waals surface area (Å²) in [7, 11) is 0. The molecule has 1 heteroatoms. The van der Waals surface area contributed by atoms with E-state index in [-0.39, 0.29) is 11.0 Å². The molecule has 0 aromatic heterocycles. The Bertz CT molecular complexity index is 298. The minimum atomic E-state index is -0.139. The van der Waals surface area contributed by atoms with Crippen LogP contribution in [-0.4, -0.2) is 11.7 Å². The highest BCUT2D eigenvalue weighted by atomic mass is 16.5. The molecule has 1 aliphatic heterocycles. The van der Waals surface area contributed by atoms with Crippen LogP contribution in [0.15, 0.2) is 23.8 Å². The minimum absolute atomic E-state index is 0.139. The zero-order valence-electron chi connectivity index (χ0n) is 9.63. The van der Waals surface area contributed by atoms with Crippen LogP contribution < -0.4 is 0 Å². The van der Waals surface area contributed by atoms with Crippen LogP contribution in [-0.2, 0) is 4.74 Å². The normalized spacial score (nSPS) is 40.3. The number of ether oxygens (including phenoxy) is 1. The van der Waals surface area contributed by atoms with Crippen molar-refractivity contribution < 1.29 is 4.74 Å². The van der Waals surface area contributed by atoms with Crippen molar-refractivity contribution in [1.82, 2.24) is 0 Å². The third-order valence-electron chi connectivity index (χ3n) is 3.43.